The molecule has 1 heterocycles. The second-order valence-corrected chi connectivity index (χ2v) is 6.81. The average molecular weight is 372 g/mol. The minimum absolute atomic E-state index is 0.0152. The largest absolute Gasteiger partial charge is 0.491 e. The SMILES string of the molecule is CC(=O)c1ccc(OC[C@@H](O)CN2CCN(c3ccc(F)cc3)CC2)cc1. The molecule has 2 aromatic carbocycles. The van der Waals surface area contributed by atoms with E-state index < -0.39 is 6.10 Å². The van der Waals surface area contributed by atoms with E-state index in [0.29, 0.717) is 17.9 Å². The van der Waals surface area contributed by atoms with Crippen molar-refractivity contribution < 1.29 is 19.0 Å². The molecule has 1 N–H and O–H groups in total. The quantitative estimate of drug-likeness (QED) is 0.757. The smallest absolute Gasteiger partial charge is 0.159 e. The standard InChI is InChI=1S/C21H25FN2O3/c1-16(25)17-2-8-21(9-3-17)27-15-20(26)14-23-10-12-24(13-11-23)19-6-4-18(22)5-7-19/h2-9,20,26H,10-15H2,1H3/t20-/m0/s1. The van der Waals surface area contributed by atoms with E-state index in [1.165, 1.54) is 19.1 Å². The Morgan fingerprint density at radius 2 is 1.70 bits per heavy atom. The highest BCUT2D eigenvalue weighted by Gasteiger charge is 2.19. The fourth-order valence-corrected chi connectivity index (χ4v) is 3.17. The Hall–Kier alpha value is -2.44. The minimum atomic E-state index is -0.588. The molecule has 144 valence electrons. The summed E-state index contributed by atoms with van der Waals surface area (Å²) in [7, 11) is 0. The number of piperazine rings is 1. The number of anilines is 1. The molecule has 1 saturated heterocycles. The molecule has 0 bridgehead atoms. The van der Waals surface area contributed by atoms with E-state index in [1.807, 2.05) is 0 Å². The maximum absolute atomic E-state index is 13.0. The molecular weight excluding hydrogens is 347 g/mol. The van der Waals surface area contributed by atoms with Crippen LogP contribution in [0.2, 0.25) is 0 Å². The van der Waals surface area contributed by atoms with E-state index >= 15 is 0 Å². The summed E-state index contributed by atoms with van der Waals surface area (Å²) in [4.78, 5) is 15.7. The molecule has 1 fully saturated rings. The molecule has 0 unspecified atom stereocenters. The molecule has 5 nitrogen and oxygen atoms in total. The molecule has 0 amide bonds. The lowest BCUT2D eigenvalue weighted by Crippen LogP contribution is -2.49. The van der Waals surface area contributed by atoms with Crippen LogP contribution in [0.4, 0.5) is 10.1 Å². The lowest BCUT2D eigenvalue weighted by molar-refractivity contribution is 0.0663. The van der Waals surface area contributed by atoms with Gasteiger partial charge < -0.3 is 14.7 Å². The zero-order valence-electron chi connectivity index (χ0n) is 15.5. The zero-order valence-corrected chi connectivity index (χ0v) is 15.5. The fourth-order valence-electron chi connectivity index (χ4n) is 3.17. The number of nitrogens with zero attached hydrogens (tertiary/aromatic N) is 2. The van der Waals surface area contributed by atoms with Gasteiger partial charge in [0.1, 0.15) is 24.3 Å². The summed E-state index contributed by atoms with van der Waals surface area (Å²) in [5.74, 6) is 0.429. The zero-order chi connectivity index (χ0) is 19.2. The molecule has 0 saturated carbocycles. The van der Waals surface area contributed by atoms with Gasteiger partial charge in [-0.2, -0.15) is 0 Å². The number of Topliss-reactive ketones (excluding diaryl/α,β-unsaturated/α-hetero) is 1. The molecule has 3 rings (SSSR count). The third-order valence-electron chi connectivity index (χ3n) is 4.74. The number of hydrogen-bond acceptors (Lipinski definition) is 5. The van der Waals surface area contributed by atoms with Crippen LogP contribution in [0.25, 0.3) is 0 Å². The summed E-state index contributed by atoms with van der Waals surface area (Å²) in [6, 6.07) is 13.5. The van der Waals surface area contributed by atoms with Gasteiger partial charge in [0.2, 0.25) is 0 Å². The molecule has 0 aliphatic carbocycles. The lowest BCUT2D eigenvalue weighted by Gasteiger charge is -2.36. The van der Waals surface area contributed by atoms with Gasteiger partial charge in [0.05, 0.1) is 0 Å². The number of aliphatic hydroxyl groups excluding tert-OH is 1. The van der Waals surface area contributed by atoms with Gasteiger partial charge in [0.15, 0.2) is 5.78 Å². The van der Waals surface area contributed by atoms with Gasteiger partial charge >= 0.3 is 0 Å². The van der Waals surface area contributed by atoms with Crippen LogP contribution in [0.15, 0.2) is 48.5 Å². The first-order chi connectivity index (χ1) is 13.0. The molecule has 2 aromatic rings. The van der Waals surface area contributed by atoms with Crippen molar-refractivity contribution >= 4 is 11.5 Å². The molecule has 0 aromatic heterocycles. The Balaban J connectivity index is 1.40. The van der Waals surface area contributed by atoms with Crippen molar-refractivity contribution in [1.82, 2.24) is 4.90 Å². The molecule has 0 spiro atoms. The van der Waals surface area contributed by atoms with Gasteiger partial charge in [-0.3, -0.25) is 9.69 Å². The Morgan fingerprint density at radius 1 is 1.07 bits per heavy atom. The number of benzene rings is 2. The number of ketones is 1. The molecular formula is C21H25FN2O3. The average Bonchev–Trinajstić information content (AvgIpc) is 2.68. The first-order valence-corrected chi connectivity index (χ1v) is 9.16. The predicted octanol–water partition coefficient (Wildman–Crippen LogP) is 2.59. The maximum atomic E-state index is 13.0. The van der Waals surface area contributed by atoms with E-state index in [2.05, 4.69) is 9.80 Å². The summed E-state index contributed by atoms with van der Waals surface area (Å²) in [5, 5.41) is 10.2. The topological polar surface area (TPSA) is 53.0 Å². The van der Waals surface area contributed by atoms with Crippen LogP contribution in [0.3, 0.4) is 0 Å². The molecule has 0 radical (unpaired) electrons. The number of β-amino-alcohol motifs (C(OH)–C–C–N with tert-alkyl or cyclic N) is 1. The summed E-state index contributed by atoms with van der Waals surface area (Å²) in [6.45, 7) is 5.62. The number of ether oxygens (including phenoxy) is 1. The van der Waals surface area contributed by atoms with Crippen molar-refractivity contribution in [1.29, 1.82) is 0 Å². The first kappa shape index (κ1) is 19.3. The van der Waals surface area contributed by atoms with Crippen molar-refractivity contribution in [2.45, 2.75) is 13.0 Å². The third-order valence-corrected chi connectivity index (χ3v) is 4.74. The highest BCUT2D eigenvalue weighted by molar-refractivity contribution is 5.94. The normalized spacial score (nSPS) is 16.2. The number of halogens is 1. The van der Waals surface area contributed by atoms with Crippen molar-refractivity contribution in [3.63, 3.8) is 0 Å². The van der Waals surface area contributed by atoms with E-state index in [9.17, 15) is 14.3 Å². The number of rotatable bonds is 7. The van der Waals surface area contributed by atoms with Crippen LogP contribution in [0.5, 0.6) is 5.75 Å². The third kappa shape index (κ3) is 5.52. The molecule has 6 heteroatoms. The van der Waals surface area contributed by atoms with Crippen molar-refractivity contribution in [2.24, 2.45) is 0 Å². The number of hydrogen-bond donors (Lipinski definition) is 1. The van der Waals surface area contributed by atoms with Crippen LogP contribution in [0, 0.1) is 5.82 Å². The molecule has 27 heavy (non-hydrogen) atoms. The van der Waals surface area contributed by atoms with Gasteiger partial charge in [0, 0.05) is 44.0 Å². The highest BCUT2D eigenvalue weighted by Crippen LogP contribution is 2.17. The van der Waals surface area contributed by atoms with E-state index in [-0.39, 0.29) is 18.2 Å². The van der Waals surface area contributed by atoms with E-state index in [0.717, 1.165) is 31.9 Å². The lowest BCUT2D eigenvalue weighted by atomic mass is 10.1. The second kappa shape index (κ2) is 8.97. The van der Waals surface area contributed by atoms with Crippen LogP contribution >= 0.6 is 0 Å². The molecule has 1 aliphatic heterocycles. The van der Waals surface area contributed by atoms with Crippen molar-refractivity contribution in [3.05, 3.63) is 59.9 Å². The van der Waals surface area contributed by atoms with E-state index in [4.69, 9.17) is 4.74 Å². The number of carbonyl (C=O) groups excluding carboxylic acids is 1. The van der Waals surface area contributed by atoms with Gasteiger partial charge in [-0.25, -0.2) is 4.39 Å². The van der Waals surface area contributed by atoms with Gasteiger partial charge in [-0.05, 0) is 55.5 Å². The van der Waals surface area contributed by atoms with Gasteiger partial charge in [-0.1, -0.05) is 0 Å². The van der Waals surface area contributed by atoms with Crippen LogP contribution in [-0.2, 0) is 0 Å². The van der Waals surface area contributed by atoms with Gasteiger partial charge in [-0.15, -0.1) is 0 Å². The Labute approximate surface area is 159 Å². The summed E-state index contributed by atoms with van der Waals surface area (Å²) in [5.41, 5.74) is 1.66. The van der Waals surface area contributed by atoms with E-state index in [1.54, 1.807) is 36.4 Å². The summed E-state index contributed by atoms with van der Waals surface area (Å²) in [6.07, 6.45) is -0.588. The fraction of sp³-hybridized carbons (Fsp3) is 0.381. The van der Waals surface area contributed by atoms with Crippen molar-refractivity contribution in [3.8, 4) is 5.75 Å². The Bertz CT molecular complexity index is 741. The number of aliphatic hydroxyl groups is 1. The maximum Gasteiger partial charge on any atom is 0.159 e. The van der Waals surface area contributed by atoms with Crippen molar-refractivity contribution in [2.75, 3.05) is 44.2 Å². The molecule has 1 atom stereocenters. The van der Waals surface area contributed by atoms with Gasteiger partial charge in [0.25, 0.3) is 0 Å². The highest BCUT2D eigenvalue weighted by atomic mass is 19.1. The Morgan fingerprint density at radius 3 is 2.30 bits per heavy atom. The summed E-state index contributed by atoms with van der Waals surface area (Å²) >= 11 is 0. The second-order valence-electron chi connectivity index (χ2n) is 6.81. The monoisotopic (exact) mass is 372 g/mol. The van der Waals surface area contributed by atoms with Crippen LogP contribution < -0.4 is 9.64 Å². The number of carbonyl (C=O) groups is 1. The van der Waals surface area contributed by atoms with Crippen LogP contribution in [-0.4, -0.2) is 61.2 Å². The first-order valence-electron chi connectivity index (χ1n) is 9.16. The predicted molar refractivity (Wildman–Crippen MR) is 103 cm³/mol. The van der Waals surface area contributed by atoms with Crippen LogP contribution in [0.1, 0.15) is 17.3 Å². The minimum Gasteiger partial charge on any atom is -0.491 e. The summed E-state index contributed by atoms with van der Waals surface area (Å²) < 4.78 is 18.6. The Kier molecular flexibility index (Phi) is 6.42. The molecule has 1 aliphatic rings.